The van der Waals surface area contributed by atoms with E-state index in [-0.39, 0.29) is 16.7 Å². The smallest absolute Gasteiger partial charge is 0.251 e. The number of carbonyl (C=O) groups is 4. The van der Waals surface area contributed by atoms with Crippen molar-refractivity contribution in [3.05, 3.63) is 46.2 Å². The largest absolute Gasteiger partial charge is 0.869 e. The second-order valence-corrected chi connectivity index (χ2v) is 7.14. The molecule has 1 amide bonds. The zero-order valence-corrected chi connectivity index (χ0v) is 15.0. The molecule has 2 aliphatic rings. The van der Waals surface area contributed by atoms with E-state index in [0.717, 1.165) is 0 Å². The van der Waals surface area contributed by atoms with Crippen LogP contribution in [0.5, 0.6) is 11.5 Å². The van der Waals surface area contributed by atoms with Crippen LogP contribution < -0.4 is 10.8 Å². The first-order chi connectivity index (χ1) is 13.5. The first-order valence-corrected chi connectivity index (χ1v) is 8.56. The number of hydrogen-bond donors (Lipinski definition) is 4. The van der Waals surface area contributed by atoms with Crippen molar-refractivity contribution in [1.82, 2.24) is 0 Å². The summed E-state index contributed by atoms with van der Waals surface area (Å²) in [6, 6.07) is 4.38. The number of aromatic hydroxyl groups is 2. The van der Waals surface area contributed by atoms with Gasteiger partial charge in [0.05, 0.1) is 22.4 Å². The fourth-order valence-electron chi connectivity index (χ4n) is 4.26. The molecule has 0 radical (unpaired) electrons. The lowest BCUT2D eigenvalue weighted by Gasteiger charge is -2.42. The summed E-state index contributed by atoms with van der Waals surface area (Å²) in [6.07, 6.45) is -0.398. The number of nitrogens with two attached hydrogens (primary N) is 1. The van der Waals surface area contributed by atoms with Crippen LogP contribution in [0.4, 0.5) is 0 Å². The van der Waals surface area contributed by atoms with Crippen molar-refractivity contribution in [3.8, 4) is 11.5 Å². The maximum absolute atomic E-state index is 13.2. The molecule has 2 atom stereocenters. The molecule has 0 heterocycles. The third-order valence-corrected chi connectivity index (χ3v) is 5.75. The van der Waals surface area contributed by atoms with Gasteiger partial charge >= 0.3 is 0 Å². The van der Waals surface area contributed by atoms with Crippen LogP contribution >= 0.6 is 0 Å². The lowest BCUT2D eigenvalue weighted by molar-refractivity contribution is -0.302. The van der Waals surface area contributed by atoms with Gasteiger partial charge in [0.2, 0.25) is 17.2 Å². The molecule has 0 saturated heterocycles. The molecule has 148 valence electrons. The molecule has 0 bridgehead atoms. The highest BCUT2D eigenvalue weighted by atomic mass is 16.3. The number of benzene rings is 2. The highest BCUT2D eigenvalue weighted by Crippen LogP contribution is 2.48. The summed E-state index contributed by atoms with van der Waals surface area (Å²) in [5.74, 6) is -9.92. The highest BCUT2D eigenvalue weighted by Gasteiger charge is 2.61. The van der Waals surface area contributed by atoms with Crippen LogP contribution in [0.25, 0.3) is 10.8 Å². The summed E-state index contributed by atoms with van der Waals surface area (Å²) >= 11 is 0. The topological polar surface area (TPSA) is 178 Å². The number of amides is 1. The van der Waals surface area contributed by atoms with Gasteiger partial charge in [0.1, 0.15) is 11.5 Å². The van der Waals surface area contributed by atoms with Crippen molar-refractivity contribution < 1.29 is 39.6 Å². The Morgan fingerprint density at radius 2 is 1.86 bits per heavy atom. The number of aliphatic hydroxyl groups is 1. The number of rotatable bonds is 1. The Hall–Kier alpha value is -3.72. The van der Waals surface area contributed by atoms with Gasteiger partial charge < -0.3 is 26.2 Å². The SMILES string of the molecule is Cc1c2c(c(O)c3c(O)cccc13)C(=O)[C@]1(O)C(=O)C(C(N)=O)=C([O-])C(=O)[C@@H]1C2. The van der Waals surface area contributed by atoms with Gasteiger partial charge in [-0.05, 0) is 41.7 Å². The van der Waals surface area contributed by atoms with Gasteiger partial charge in [-0.25, -0.2) is 0 Å². The van der Waals surface area contributed by atoms with Crippen molar-refractivity contribution in [2.24, 2.45) is 11.7 Å². The predicted octanol–water partition coefficient (Wildman–Crippen LogP) is -1.10. The number of phenols is 2. The van der Waals surface area contributed by atoms with Gasteiger partial charge in [0.15, 0.2) is 5.78 Å². The fraction of sp³-hybridized carbons (Fsp3) is 0.200. The van der Waals surface area contributed by atoms with Crippen molar-refractivity contribution in [2.75, 3.05) is 0 Å². The Balaban J connectivity index is 2.08. The number of fused-ring (bicyclic) bond motifs is 3. The normalized spacial score (nSPS) is 23.9. The van der Waals surface area contributed by atoms with Crippen LogP contribution in [-0.4, -0.2) is 44.2 Å². The number of phenolic OH excluding ortho intramolecular Hbond substituents is 2. The average Bonchev–Trinajstić information content (AvgIpc) is 2.66. The first-order valence-electron chi connectivity index (χ1n) is 8.56. The Morgan fingerprint density at radius 1 is 1.21 bits per heavy atom. The quantitative estimate of drug-likeness (QED) is 0.346. The third kappa shape index (κ3) is 2.07. The summed E-state index contributed by atoms with van der Waals surface area (Å²) < 4.78 is 0. The summed E-state index contributed by atoms with van der Waals surface area (Å²) in [4.78, 5) is 50.0. The predicted molar refractivity (Wildman–Crippen MR) is 94.7 cm³/mol. The van der Waals surface area contributed by atoms with Gasteiger partial charge in [0, 0.05) is 0 Å². The first kappa shape index (κ1) is 18.6. The van der Waals surface area contributed by atoms with Crippen LogP contribution in [0.3, 0.4) is 0 Å². The molecule has 0 spiro atoms. The highest BCUT2D eigenvalue weighted by molar-refractivity contribution is 6.37. The van der Waals surface area contributed by atoms with Gasteiger partial charge in [0.25, 0.3) is 5.91 Å². The minimum atomic E-state index is -3.05. The second-order valence-electron chi connectivity index (χ2n) is 7.14. The Morgan fingerprint density at radius 3 is 2.48 bits per heavy atom. The fourth-order valence-corrected chi connectivity index (χ4v) is 4.26. The van der Waals surface area contributed by atoms with E-state index in [1.807, 2.05) is 0 Å². The molecule has 0 saturated carbocycles. The van der Waals surface area contributed by atoms with Crippen LogP contribution in [0.2, 0.25) is 0 Å². The molecular weight excluding hydrogens is 382 g/mol. The monoisotopic (exact) mass is 396 g/mol. The van der Waals surface area contributed by atoms with Crippen LogP contribution in [-0.2, 0) is 20.8 Å². The van der Waals surface area contributed by atoms with E-state index in [2.05, 4.69) is 0 Å². The molecule has 0 aliphatic heterocycles. The summed E-state index contributed by atoms with van der Waals surface area (Å²) in [7, 11) is 0. The summed E-state index contributed by atoms with van der Waals surface area (Å²) in [5, 5.41) is 44.3. The lowest BCUT2D eigenvalue weighted by Crippen LogP contribution is -2.63. The van der Waals surface area contributed by atoms with E-state index in [9.17, 15) is 39.6 Å². The zero-order valence-electron chi connectivity index (χ0n) is 15.0. The number of aryl methyl sites for hydroxylation is 1. The van der Waals surface area contributed by atoms with E-state index in [0.29, 0.717) is 10.9 Å². The van der Waals surface area contributed by atoms with Crippen molar-refractivity contribution in [1.29, 1.82) is 0 Å². The maximum Gasteiger partial charge on any atom is 0.251 e. The lowest BCUT2D eigenvalue weighted by atomic mass is 9.62. The number of carbonyl (C=O) groups excluding carboxylic acids is 4. The molecule has 2 aliphatic carbocycles. The van der Waals surface area contributed by atoms with Crippen molar-refractivity contribution in [2.45, 2.75) is 18.9 Å². The zero-order chi connectivity index (χ0) is 21.4. The molecule has 2 aromatic carbocycles. The number of allylic oxidation sites excluding steroid dienone is 1. The Bertz CT molecular complexity index is 1220. The minimum absolute atomic E-state index is 0.0658. The van der Waals surface area contributed by atoms with Crippen LogP contribution in [0.15, 0.2) is 29.5 Å². The van der Waals surface area contributed by atoms with E-state index < -0.39 is 63.8 Å². The molecule has 2 aromatic rings. The number of ketones is 3. The van der Waals surface area contributed by atoms with E-state index >= 15 is 0 Å². The molecule has 9 nitrogen and oxygen atoms in total. The Kier molecular flexibility index (Phi) is 3.63. The molecule has 29 heavy (non-hydrogen) atoms. The average molecular weight is 396 g/mol. The summed E-state index contributed by atoms with van der Waals surface area (Å²) in [6.45, 7) is 1.58. The molecule has 4 rings (SSSR count). The number of hydrogen-bond acceptors (Lipinski definition) is 8. The van der Waals surface area contributed by atoms with Crippen molar-refractivity contribution >= 4 is 34.0 Å². The van der Waals surface area contributed by atoms with Crippen molar-refractivity contribution in [3.63, 3.8) is 0 Å². The summed E-state index contributed by atoms with van der Waals surface area (Å²) in [5.41, 5.74) is 0.822. The standard InChI is InChI=1S/C20H15NO8/c1-6-7-3-2-4-10(22)11(7)15(24)12-8(6)5-9-14(23)16(25)13(19(21)28)18(27)20(9,29)17(12)26/h2-4,9,22,24-25,29H,5H2,1H3,(H2,21,28)/p-1/t9-,20-/m0/s1. The molecule has 0 fully saturated rings. The van der Waals surface area contributed by atoms with Crippen LogP contribution in [0.1, 0.15) is 21.5 Å². The van der Waals surface area contributed by atoms with E-state index in [1.165, 1.54) is 12.1 Å². The number of primary amides is 1. The number of Topliss-reactive ketones (excluding diaryl/α,β-unsaturated/α-hetero) is 3. The van der Waals surface area contributed by atoms with Gasteiger partial charge in [-0.1, -0.05) is 12.1 Å². The maximum atomic E-state index is 13.2. The molecule has 5 N–H and O–H groups in total. The van der Waals surface area contributed by atoms with Gasteiger partial charge in [-0.2, -0.15) is 0 Å². The van der Waals surface area contributed by atoms with Gasteiger partial charge in [-0.15, -0.1) is 0 Å². The Labute approximate surface area is 162 Å². The van der Waals surface area contributed by atoms with E-state index in [4.69, 9.17) is 5.73 Å². The molecule has 9 heteroatoms. The third-order valence-electron chi connectivity index (χ3n) is 5.75. The minimum Gasteiger partial charge on any atom is -0.869 e. The molecule has 0 aromatic heterocycles. The van der Waals surface area contributed by atoms with E-state index in [1.54, 1.807) is 13.0 Å². The molecule has 0 unspecified atom stereocenters. The second kappa shape index (κ2) is 5.65. The van der Waals surface area contributed by atoms with Crippen LogP contribution in [0, 0.1) is 12.8 Å². The molecular formula is C20H14NO8-. The van der Waals surface area contributed by atoms with Gasteiger partial charge in [-0.3, -0.25) is 19.2 Å².